The smallest absolute Gasteiger partial charge is 0.00142 e. The van der Waals surface area contributed by atoms with Crippen LogP contribution in [-0.4, -0.2) is 24.6 Å². The Morgan fingerprint density at radius 1 is 1.00 bits per heavy atom. The Kier molecular flexibility index (Phi) is 1.92. The normalized spacial score (nSPS) is 42.5. The Balaban J connectivity index is 1.89. The number of fused-ring (bicyclic) bond motifs is 1. The van der Waals surface area contributed by atoms with E-state index in [-0.39, 0.29) is 0 Å². The van der Waals surface area contributed by atoms with Crippen LogP contribution in [0.25, 0.3) is 0 Å². The predicted octanol–water partition coefficient (Wildman–Crippen LogP) is 2.27. The highest BCUT2D eigenvalue weighted by Crippen LogP contribution is 2.62. The third-order valence-corrected chi connectivity index (χ3v) is 6.03. The molecule has 0 amide bonds. The van der Waals surface area contributed by atoms with Gasteiger partial charge in [0, 0.05) is 6.54 Å². The number of hydrogen-bond acceptors (Lipinski definition) is 2. The monoisotopic (exact) mass is 197 g/mol. The van der Waals surface area contributed by atoms with Gasteiger partial charge in [-0.25, -0.2) is 0 Å². The van der Waals surface area contributed by atoms with Crippen molar-refractivity contribution in [1.29, 1.82) is 0 Å². The van der Waals surface area contributed by atoms with Gasteiger partial charge in [0.25, 0.3) is 0 Å². The zero-order valence-corrected chi connectivity index (χ0v) is 9.09. The van der Waals surface area contributed by atoms with Gasteiger partial charge in [0.1, 0.15) is 0 Å². The second-order valence-electron chi connectivity index (χ2n) is 5.14. The molecule has 1 aliphatic carbocycles. The molecule has 2 saturated heterocycles. The zero-order chi connectivity index (χ0) is 8.78. The topological polar surface area (TPSA) is 12.0 Å². The van der Waals surface area contributed by atoms with E-state index in [2.05, 4.69) is 17.1 Å². The lowest BCUT2D eigenvalue weighted by Gasteiger charge is -2.57. The summed E-state index contributed by atoms with van der Waals surface area (Å²) in [6.07, 6.45) is 7.52. The maximum Gasteiger partial charge on any atom is 0.00142 e. The zero-order valence-electron chi connectivity index (χ0n) is 8.27. The molecule has 3 fully saturated rings. The largest absolute Gasteiger partial charge is 0.316 e. The summed E-state index contributed by atoms with van der Waals surface area (Å²) in [4.78, 5) is 0. The van der Waals surface area contributed by atoms with E-state index >= 15 is 0 Å². The molecule has 1 saturated carbocycles. The summed E-state index contributed by atoms with van der Waals surface area (Å²) in [6, 6.07) is 0. The highest BCUT2D eigenvalue weighted by atomic mass is 32.2. The molecule has 2 aliphatic heterocycles. The van der Waals surface area contributed by atoms with Crippen LogP contribution in [0.3, 0.4) is 0 Å². The SMILES string of the molecule is C1CC2(C1)CSCCC21CCNC1. The van der Waals surface area contributed by atoms with E-state index < -0.39 is 0 Å². The van der Waals surface area contributed by atoms with Crippen LogP contribution in [0.1, 0.15) is 32.1 Å². The molecule has 1 atom stereocenters. The van der Waals surface area contributed by atoms with Crippen LogP contribution < -0.4 is 5.32 Å². The van der Waals surface area contributed by atoms with E-state index in [0.29, 0.717) is 0 Å². The van der Waals surface area contributed by atoms with Gasteiger partial charge < -0.3 is 5.32 Å². The van der Waals surface area contributed by atoms with E-state index in [4.69, 9.17) is 0 Å². The van der Waals surface area contributed by atoms with E-state index in [1.165, 1.54) is 56.7 Å². The molecule has 0 radical (unpaired) electrons. The van der Waals surface area contributed by atoms with Crippen molar-refractivity contribution >= 4 is 11.8 Å². The van der Waals surface area contributed by atoms with Gasteiger partial charge in [-0.1, -0.05) is 6.42 Å². The molecule has 3 rings (SSSR count). The molecule has 2 heterocycles. The fraction of sp³-hybridized carbons (Fsp3) is 1.00. The van der Waals surface area contributed by atoms with Crippen molar-refractivity contribution in [3.8, 4) is 0 Å². The van der Waals surface area contributed by atoms with Crippen molar-refractivity contribution in [3.63, 3.8) is 0 Å². The summed E-state index contributed by atoms with van der Waals surface area (Å²) >= 11 is 2.21. The average molecular weight is 197 g/mol. The first-order valence-electron chi connectivity index (χ1n) is 5.66. The molecule has 2 spiro atoms. The molecule has 74 valence electrons. The maximum atomic E-state index is 3.60. The van der Waals surface area contributed by atoms with Gasteiger partial charge in [0.15, 0.2) is 0 Å². The van der Waals surface area contributed by atoms with E-state index in [0.717, 1.165) is 10.8 Å². The standard InChI is InChI=1S/C11H19NS/c1-2-11(3-1)9-13-7-5-10(11)4-6-12-8-10/h12H,1-9H2. The molecule has 0 aromatic rings. The van der Waals surface area contributed by atoms with Crippen molar-refractivity contribution in [2.45, 2.75) is 32.1 Å². The van der Waals surface area contributed by atoms with Crippen LogP contribution in [0.5, 0.6) is 0 Å². The van der Waals surface area contributed by atoms with E-state index in [1.807, 2.05) is 0 Å². The van der Waals surface area contributed by atoms with E-state index in [1.54, 1.807) is 0 Å². The molecule has 0 aromatic carbocycles. The molecule has 2 heteroatoms. The maximum absolute atomic E-state index is 3.60. The van der Waals surface area contributed by atoms with Crippen molar-refractivity contribution in [1.82, 2.24) is 5.32 Å². The Bertz CT molecular complexity index is 204. The van der Waals surface area contributed by atoms with Crippen molar-refractivity contribution < 1.29 is 0 Å². The second-order valence-corrected chi connectivity index (χ2v) is 6.25. The van der Waals surface area contributed by atoms with Gasteiger partial charge in [-0.2, -0.15) is 11.8 Å². The molecule has 1 N–H and O–H groups in total. The summed E-state index contributed by atoms with van der Waals surface area (Å²) in [5.41, 5.74) is 1.51. The third kappa shape index (κ3) is 1.05. The summed E-state index contributed by atoms with van der Waals surface area (Å²) in [7, 11) is 0. The fourth-order valence-electron chi connectivity index (χ4n) is 3.64. The molecule has 0 aromatic heterocycles. The lowest BCUT2D eigenvalue weighted by Crippen LogP contribution is -2.52. The van der Waals surface area contributed by atoms with E-state index in [9.17, 15) is 0 Å². The Hall–Kier alpha value is 0.310. The van der Waals surface area contributed by atoms with Crippen molar-refractivity contribution in [2.75, 3.05) is 24.6 Å². The fourth-order valence-corrected chi connectivity index (χ4v) is 5.31. The number of nitrogens with one attached hydrogen (secondary N) is 1. The summed E-state index contributed by atoms with van der Waals surface area (Å²) in [5.74, 6) is 2.89. The number of rotatable bonds is 0. The lowest BCUT2D eigenvalue weighted by atomic mass is 9.52. The van der Waals surface area contributed by atoms with Gasteiger partial charge in [0.2, 0.25) is 0 Å². The molecule has 1 unspecified atom stereocenters. The minimum absolute atomic E-state index is 0.733. The highest BCUT2D eigenvalue weighted by molar-refractivity contribution is 7.99. The molecular weight excluding hydrogens is 178 g/mol. The van der Waals surface area contributed by atoms with Crippen LogP contribution in [0.2, 0.25) is 0 Å². The minimum Gasteiger partial charge on any atom is -0.316 e. The van der Waals surface area contributed by atoms with Crippen LogP contribution in [0.15, 0.2) is 0 Å². The molecule has 13 heavy (non-hydrogen) atoms. The predicted molar refractivity (Wildman–Crippen MR) is 58.1 cm³/mol. The van der Waals surface area contributed by atoms with Gasteiger partial charge in [-0.15, -0.1) is 0 Å². The summed E-state index contributed by atoms with van der Waals surface area (Å²) < 4.78 is 0. The minimum atomic E-state index is 0.733. The third-order valence-electron chi connectivity index (χ3n) is 4.78. The number of hydrogen-bond donors (Lipinski definition) is 1. The second kappa shape index (κ2) is 2.90. The first-order chi connectivity index (χ1) is 6.37. The Morgan fingerprint density at radius 3 is 2.54 bits per heavy atom. The van der Waals surface area contributed by atoms with Crippen molar-refractivity contribution in [3.05, 3.63) is 0 Å². The van der Waals surface area contributed by atoms with Gasteiger partial charge >= 0.3 is 0 Å². The van der Waals surface area contributed by atoms with Crippen LogP contribution in [0.4, 0.5) is 0 Å². The Morgan fingerprint density at radius 2 is 1.92 bits per heavy atom. The summed E-state index contributed by atoms with van der Waals surface area (Å²) in [5, 5.41) is 3.60. The van der Waals surface area contributed by atoms with Crippen molar-refractivity contribution in [2.24, 2.45) is 10.8 Å². The molecular formula is C11H19NS. The number of thioether (sulfide) groups is 1. The highest BCUT2D eigenvalue weighted by Gasteiger charge is 2.56. The average Bonchev–Trinajstić information content (AvgIpc) is 2.52. The molecule has 1 nitrogen and oxygen atoms in total. The summed E-state index contributed by atoms with van der Waals surface area (Å²) in [6.45, 7) is 2.61. The first kappa shape index (κ1) is 8.60. The van der Waals surface area contributed by atoms with Crippen LogP contribution >= 0.6 is 11.8 Å². The van der Waals surface area contributed by atoms with Gasteiger partial charge in [-0.05, 0) is 54.6 Å². The van der Waals surface area contributed by atoms with Gasteiger partial charge in [0.05, 0.1) is 0 Å². The molecule has 0 bridgehead atoms. The lowest BCUT2D eigenvalue weighted by molar-refractivity contribution is -0.0119. The first-order valence-corrected chi connectivity index (χ1v) is 6.81. The quantitative estimate of drug-likeness (QED) is 0.639. The Labute approximate surface area is 85.0 Å². The van der Waals surface area contributed by atoms with Crippen LogP contribution in [-0.2, 0) is 0 Å². The molecule has 3 aliphatic rings. The van der Waals surface area contributed by atoms with Gasteiger partial charge in [-0.3, -0.25) is 0 Å². The van der Waals surface area contributed by atoms with Crippen LogP contribution in [0, 0.1) is 10.8 Å².